The van der Waals surface area contributed by atoms with Gasteiger partial charge in [0.2, 0.25) is 0 Å². The second-order valence-corrected chi connectivity index (χ2v) is 4.31. The lowest BCUT2D eigenvalue weighted by molar-refractivity contribution is 0.571. The summed E-state index contributed by atoms with van der Waals surface area (Å²) >= 11 is 5.61. The minimum Gasteiger partial charge on any atom is -0.336 e. The molecule has 0 unspecified atom stereocenters. The summed E-state index contributed by atoms with van der Waals surface area (Å²) < 4.78 is 2.02. The zero-order chi connectivity index (χ0) is 9.19. The monoisotopic (exact) mass is 186 g/mol. The first-order valence-electron chi connectivity index (χ1n) is 4.12. The van der Waals surface area contributed by atoms with Crippen LogP contribution in [0.5, 0.6) is 0 Å². The van der Waals surface area contributed by atoms with Crippen molar-refractivity contribution in [3.05, 3.63) is 18.2 Å². The van der Waals surface area contributed by atoms with Crippen LogP contribution in [0.2, 0.25) is 0 Å². The van der Waals surface area contributed by atoms with Crippen molar-refractivity contribution < 1.29 is 0 Å². The van der Waals surface area contributed by atoms with Gasteiger partial charge in [0.15, 0.2) is 0 Å². The molecule has 0 fully saturated rings. The Balaban J connectivity index is 2.77. The van der Waals surface area contributed by atoms with Crippen molar-refractivity contribution in [2.45, 2.75) is 32.7 Å². The van der Waals surface area contributed by atoms with Crippen LogP contribution < -0.4 is 0 Å². The van der Waals surface area contributed by atoms with E-state index in [2.05, 4.69) is 32.0 Å². The Kier molecular flexibility index (Phi) is 2.78. The van der Waals surface area contributed by atoms with E-state index in [4.69, 9.17) is 11.6 Å². The van der Waals surface area contributed by atoms with Gasteiger partial charge in [0, 0.05) is 24.0 Å². The second-order valence-electron chi connectivity index (χ2n) is 3.94. The third-order valence-electron chi connectivity index (χ3n) is 1.74. The predicted octanol–water partition coefficient (Wildman–Crippen LogP) is 2.42. The minimum atomic E-state index is 0.136. The van der Waals surface area contributed by atoms with Gasteiger partial charge < -0.3 is 4.57 Å². The highest BCUT2D eigenvalue weighted by Gasteiger charge is 2.16. The highest BCUT2D eigenvalue weighted by atomic mass is 35.5. The summed E-state index contributed by atoms with van der Waals surface area (Å²) in [6.07, 6.45) is 3.89. The molecule has 12 heavy (non-hydrogen) atoms. The van der Waals surface area contributed by atoms with E-state index in [1.54, 1.807) is 0 Å². The number of aromatic nitrogens is 2. The van der Waals surface area contributed by atoms with Gasteiger partial charge in [-0.2, -0.15) is 0 Å². The van der Waals surface area contributed by atoms with Crippen molar-refractivity contribution in [2.75, 3.05) is 5.88 Å². The summed E-state index contributed by atoms with van der Waals surface area (Å²) in [4.78, 5) is 4.31. The number of nitrogens with zero attached hydrogens (tertiary/aromatic N) is 2. The number of imidazole rings is 1. The van der Waals surface area contributed by atoms with Crippen LogP contribution in [-0.2, 0) is 12.0 Å². The fraction of sp³-hybridized carbons (Fsp3) is 0.667. The third kappa shape index (κ3) is 2.24. The van der Waals surface area contributed by atoms with Gasteiger partial charge >= 0.3 is 0 Å². The number of alkyl halides is 1. The van der Waals surface area contributed by atoms with E-state index < -0.39 is 0 Å². The smallest absolute Gasteiger partial charge is 0.0950 e. The van der Waals surface area contributed by atoms with Gasteiger partial charge in [-0.1, -0.05) is 20.8 Å². The van der Waals surface area contributed by atoms with Gasteiger partial charge in [0.25, 0.3) is 0 Å². The van der Waals surface area contributed by atoms with E-state index >= 15 is 0 Å². The number of hydrogen-bond acceptors (Lipinski definition) is 1. The zero-order valence-corrected chi connectivity index (χ0v) is 8.60. The van der Waals surface area contributed by atoms with Gasteiger partial charge in [-0.25, -0.2) is 4.98 Å². The molecule has 0 bridgehead atoms. The van der Waals surface area contributed by atoms with Gasteiger partial charge in [0.1, 0.15) is 0 Å². The fourth-order valence-corrected chi connectivity index (χ4v) is 1.16. The highest BCUT2D eigenvalue weighted by Crippen LogP contribution is 2.19. The average molecular weight is 187 g/mol. The third-order valence-corrected chi connectivity index (χ3v) is 1.91. The molecule has 1 aromatic rings. The Hall–Kier alpha value is -0.500. The van der Waals surface area contributed by atoms with Crippen LogP contribution in [0.15, 0.2) is 12.5 Å². The largest absolute Gasteiger partial charge is 0.336 e. The molecule has 0 saturated heterocycles. The maximum absolute atomic E-state index is 5.61. The van der Waals surface area contributed by atoms with Crippen LogP contribution in [0.4, 0.5) is 0 Å². The van der Waals surface area contributed by atoms with Crippen molar-refractivity contribution in [3.8, 4) is 0 Å². The van der Waals surface area contributed by atoms with Crippen molar-refractivity contribution in [1.82, 2.24) is 9.55 Å². The van der Waals surface area contributed by atoms with Crippen LogP contribution in [0, 0.1) is 0 Å². The summed E-state index contributed by atoms with van der Waals surface area (Å²) in [5, 5.41) is 0. The molecule has 0 aliphatic carbocycles. The fourth-order valence-electron chi connectivity index (χ4n) is 0.967. The number of aryl methyl sites for hydroxylation is 1. The molecule has 0 aliphatic heterocycles. The number of hydrogen-bond donors (Lipinski definition) is 0. The van der Waals surface area contributed by atoms with Gasteiger partial charge in [0.05, 0.1) is 12.0 Å². The number of rotatable bonds is 2. The molecule has 1 rings (SSSR count). The molecule has 68 valence electrons. The quantitative estimate of drug-likeness (QED) is 0.649. The van der Waals surface area contributed by atoms with Crippen LogP contribution in [0.3, 0.4) is 0 Å². The molecule has 0 aromatic carbocycles. The molecular weight excluding hydrogens is 172 g/mol. The van der Waals surface area contributed by atoms with Crippen molar-refractivity contribution >= 4 is 11.6 Å². The first kappa shape index (κ1) is 9.59. The summed E-state index contributed by atoms with van der Waals surface area (Å²) in [5.74, 6) is 0.639. The molecule has 2 nitrogen and oxygen atoms in total. The van der Waals surface area contributed by atoms with Gasteiger partial charge in [-0.05, 0) is 0 Å². The maximum atomic E-state index is 5.61. The van der Waals surface area contributed by atoms with E-state index in [0.29, 0.717) is 5.88 Å². The average Bonchev–Trinajstić information content (AvgIpc) is 2.35. The molecule has 3 heteroatoms. The van der Waals surface area contributed by atoms with E-state index in [1.807, 2.05) is 10.9 Å². The standard InChI is InChI=1S/C9H15ClN2/c1-9(2,3)8-6-12(5-4-10)7-11-8/h6-7H,4-5H2,1-3H3. The minimum absolute atomic E-state index is 0.136. The van der Waals surface area contributed by atoms with Gasteiger partial charge in [-0.15, -0.1) is 11.6 Å². The van der Waals surface area contributed by atoms with Crippen molar-refractivity contribution in [3.63, 3.8) is 0 Å². The summed E-state index contributed by atoms with van der Waals surface area (Å²) in [7, 11) is 0. The van der Waals surface area contributed by atoms with Gasteiger partial charge in [-0.3, -0.25) is 0 Å². The second kappa shape index (κ2) is 3.48. The lowest BCUT2D eigenvalue weighted by atomic mass is 9.93. The molecule has 0 aliphatic rings. The first-order valence-corrected chi connectivity index (χ1v) is 4.65. The number of halogens is 1. The lowest BCUT2D eigenvalue weighted by Gasteiger charge is -2.14. The van der Waals surface area contributed by atoms with E-state index in [0.717, 1.165) is 12.2 Å². The van der Waals surface area contributed by atoms with E-state index in [9.17, 15) is 0 Å². The van der Waals surface area contributed by atoms with E-state index in [-0.39, 0.29) is 5.41 Å². The molecule has 0 radical (unpaired) electrons. The van der Waals surface area contributed by atoms with Crippen molar-refractivity contribution in [2.24, 2.45) is 0 Å². The summed E-state index contributed by atoms with van der Waals surface area (Å²) in [5.41, 5.74) is 1.25. The Morgan fingerprint density at radius 3 is 2.58 bits per heavy atom. The van der Waals surface area contributed by atoms with E-state index in [1.165, 1.54) is 0 Å². The summed E-state index contributed by atoms with van der Waals surface area (Å²) in [6, 6.07) is 0. The Morgan fingerprint density at radius 1 is 1.50 bits per heavy atom. The predicted molar refractivity (Wildman–Crippen MR) is 51.6 cm³/mol. The Labute approximate surface area is 78.6 Å². The van der Waals surface area contributed by atoms with Crippen LogP contribution in [0.25, 0.3) is 0 Å². The zero-order valence-electron chi connectivity index (χ0n) is 7.84. The molecule has 0 spiro atoms. The molecular formula is C9H15ClN2. The molecule has 0 N–H and O–H groups in total. The normalized spacial score (nSPS) is 12.0. The van der Waals surface area contributed by atoms with Crippen LogP contribution in [-0.4, -0.2) is 15.4 Å². The molecule has 0 atom stereocenters. The van der Waals surface area contributed by atoms with Crippen LogP contribution >= 0.6 is 11.6 Å². The molecule has 1 heterocycles. The SMILES string of the molecule is CC(C)(C)c1cn(CCCl)cn1. The maximum Gasteiger partial charge on any atom is 0.0950 e. The highest BCUT2D eigenvalue weighted by molar-refractivity contribution is 6.17. The summed E-state index contributed by atoms with van der Waals surface area (Å²) in [6.45, 7) is 7.30. The Bertz CT molecular complexity index is 247. The molecule has 0 amide bonds. The van der Waals surface area contributed by atoms with Crippen molar-refractivity contribution in [1.29, 1.82) is 0 Å². The Morgan fingerprint density at radius 2 is 2.17 bits per heavy atom. The first-order chi connectivity index (χ1) is 5.54. The molecule has 0 saturated carbocycles. The lowest BCUT2D eigenvalue weighted by Crippen LogP contribution is -2.11. The molecule has 1 aromatic heterocycles. The van der Waals surface area contributed by atoms with Crippen LogP contribution in [0.1, 0.15) is 26.5 Å². The topological polar surface area (TPSA) is 17.8 Å².